The molecule has 0 spiro atoms. The normalized spacial score (nSPS) is 38.8. The first-order chi connectivity index (χ1) is 21.0. The van der Waals surface area contributed by atoms with Crippen LogP contribution in [0.15, 0.2) is 0 Å². The molecular weight excluding hydrogens is 556 g/mol. The summed E-state index contributed by atoms with van der Waals surface area (Å²) in [6.45, 7) is 9.40. The third kappa shape index (κ3) is 8.01. The number of nitrogens with two attached hydrogens (primary N) is 1. The molecule has 0 aromatic rings. The van der Waals surface area contributed by atoms with Crippen LogP contribution in [-0.2, 0) is 14.3 Å². The van der Waals surface area contributed by atoms with Crippen molar-refractivity contribution in [3.8, 4) is 0 Å². The van der Waals surface area contributed by atoms with Crippen LogP contribution in [0.2, 0.25) is 0 Å². The minimum absolute atomic E-state index is 0.0304. The SMILES string of the molecule is CC(CCC(=O)O)[C@H]1CCC2C3C(O)CC4CC(OC(=O)CCCCCCCCCNCCN)CC[C@]4(C)C3CC(O)[C@@]21C. The highest BCUT2D eigenvalue weighted by molar-refractivity contribution is 5.69. The highest BCUT2D eigenvalue weighted by atomic mass is 16.5. The number of esters is 1. The van der Waals surface area contributed by atoms with E-state index in [0.717, 1.165) is 64.5 Å². The van der Waals surface area contributed by atoms with Crippen molar-refractivity contribution < 1.29 is 29.6 Å². The van der Waals surface area contributed by atoms with Crippen LogP contribution in [0.5, 0.6) is 0 Å². The number of hydrogen-bond acceptors (Lipinski definition) is 7. The number of carboxylic acid groups (broad SMARTS) is 1. The zero-order chi connectivity index (χ0) is 31.9. The quantitative estimate of drug-likeness (QED) is 0.103. The molecule has 0 heterocycles. The zero-order valence-corrected chi connectivity index (χ0v) is 28.0. The van der Waals surface area contributed by atoms with E-state index < -0.39 is 18.2 Å². The van der Waals surface area contributed by atoms with Crippen LogP contribution in [0.1, 0.15) is 130 Å². The Bertz CT molecular complexity index is 932. The molecule has 4 saturated carbocycles. The summed E-state index contributed by atoms with van der Waals surface area (Å²) in [6, 6.07) is 0. The summed E-state index contributed by atoms with van der Waals surface area (Å²) in [7, 11) is 0. The van der Waals surface area contributed by atoms with Gasteiger partial charge in [-0.25, -0.2) is 0 Å². The Kier molecular flexibility index (Phi) is 13.0. The van der Waals surface area contributed by atoms with Crippen molar-refractivity contribution in [2.45, 2.75) is 148 Å². The maximum atomic E-state index is 12.7. The molecule has 4 rings (SSSR count). The summed E-state index contributed by atoms with van der Waals surface area (Å²) in [5, 5.41) is 36.0. The average Bonchev–Trinajstić information content (AvgIpc) is 3.34. The van der Waals surface area contributed by atoms with Gasteiger partial charge in [-0.3, -0.25) is 9.59 Å². The number of rotatable bonds is 17. The largest absolute Gasteiger partial charge is 0.481 e. The third-order valence-electron chi connectivity index (χ3n) is 13.2. The van der Waals surface area contributed by atoms with Gasteiger partial charge in [-0.15, -0.1) is 0 Å². The van der Waals surface area contributed by atoms with Gasteiger partial charge >= 0.3 is 11.9 Å². The monoisotopic (exact) mass is 620 g/mol. The number of hydrogen-bond donors (Lipinski definition) is 5. The molecule has 0 aromatic heterocycles. The van der Waals surface area contributed by atoms with E-state index in [1.165, 1.54) is 32.1 Å². The maximum Gasteiger partial charge on any atom is 0.306 e. The van der Waals surface area contributed by atoms with E-state index in [-0.39, 0.29) is 58.9 Å². The number of aliphatic carboxylic acids is 1. The van der Waals surface area contributed by atoms with E-state index in [9.17, 15) is 24.9 Å². The van der Waals surface area contributed by atoms with Gasteiger partial charge in [0.05, 0.1) is 12.2 Å². The average molecular weight is 621 g/mol. The van der Waals surface area contributed by atoms with E-state index in [0.29, 0.717) is 31.7 Å². The minimum Gasteiger partial charge on any atom is -0.481 e. The number of carboxylic acids is 1. The second-order valence-electron chi connectivity index (χ2n) is 15.7. The first-order valence-electron chi connectivity index (χ1n) is 18.2. The van der Waals surface area contributed by atoms with Crippen molar-refractivity contribution in [1.82, 2.24) is 5.32 Å². The number of fused-ring (bicyclic) bond motifs is 5. The van der Waals surface area contributed by atoms with E-state index in [4.69, 9.17) is 10.5 Å². The predicted octanol–water partition coefficient (Wildman–Crippen LogP) is 5.67. The van der Waals surface area contributed by atoms with Crippen LogP contribution >= 0.6 is 0 Å². The second kappa shape index (κ2) is 16.1. The van der Waals surface area contributed by atoms with Crippen molar-refractivity contribution in [3.63, 3.8) is 0 Å². The molecule has 8 heteroatoms. The smallest absolute Gasteiger partial charge is 0.306 e. The fraction of sp³-hybridized carbons (Fsp3) is 0.944. The number of carbonyl (C=O) groups is 2. The highest BCUT2D eigenvalue weighted by Gasteiger charge is 2.65. The Morgan fingerprint density at radius 2 is 1.61 bits per heavy atom. The number of unbranched alkanes of at least 4 members (excludes halogenated alkanes) is 6. The Morgan fingerprint density at radius 3 is 2.32 bits per heavy atom. The molecule has 4 fully saturated rings. The van der Waals surface area contributed by atoms with Gasteiger partial charge in [0.25, 0.3) is 0 Å². The molecule has 11 atom stereocenters. The molecular formula is C36H64N2O6. The summed E-state index contributed by atoms with van der Waals surface area (Å²) in [5.41, 5.74) is 5.24. The lowest BCUT2D eigenvalue weighted by atomic mass is 9.43. The third-order valence-corrected chi connectivity index (χ3v) is 13.2. The molecule has 0 aromatic carbocycles. The molecule has 44 heavy (non-hydrogen) atoms. The van der Waals surface area contributed by atoms with Crippen molar-refractivity contribution in [2.24, 2.45) is 52.1 Å². The van der Waals surface area contributed by atoms with Gasteiger partial charge < -0.3 is 31.1 Å². The Hall–Kier alpha value is -1.22. The van der Waals surface area contributed by atoms with E-state index in [1.54, 1.807) is 0 Å². The highest BCUT2D eigenvalue weighted by Crippen LogP contribution is 2.68. The molecule has 4 aliphatic carbocycles. The van der Waals surface area contributed by atoms with Gasteiger partial charge in [-0.1, -0.05) is 52.9 Å². The summed E-state index contributed by atoms with van der Waals surface area (Å²) in [5.74, 6) is 0.675. The molecule has 0 bridgehead atoms. The van der Waals surface area contributed by atoms with Crippen molar-refractivity contribution in [2.75, 3.05) is 19.6 Å². The van der Waals surface area contributed by atoms with Gasteiger partial charge in [-0.05, 0) is 117 Å². The molecule has 8 nitrogen and oxygen atoms in total. The second-order valence-corrected chi connectivity index (χ2v) is 15.7. The summed E-state index contributed by atoms with van der Waals surface area (Å²) >= 11 is 0. The maximum absolute atomic E-state index is 12.7. The van der Waals surface area contributed by atoms with Gasteiger partial charge in [-0.2, -0.15) is 0 Å². The molecule has 0 amide bonds. The lowest BCUT2D eigenvalue weighted by molar-refractivity contribution is -0.209. The lowest BCUT2D eigenvalue weighted by Gasteiger charge is -2.63. The van der Waals surface area contributed by atoms with Crippen LogP contribution in [0, 0.1) is 46.3 Å². The molecule has 8 unspecified atom stereocenters. The molecule has 4 aliphatic rings. The van der Waals surface area contributed by atoms with E-state index in [2.05, 4.69) is 26.1 Å². The molecule has 6 N–H and O–H groups in total. The summed E-state index contributed by atoms with van der Waals surface area (Å²) < 4.78 is 6.01. The zero-order valence-electron chi connectivity index (χ0n) is 28.0. The molecule has 254 valence electrons. The number of nitrogens with one attached hydrogen (secondary N) is 1. The van der Waals surface area contributed by atoms with Crippen LogP contribution in [0.25, 0.3) is 0 Å². The van der Waals surface area contributed by atoms with Crippen LogP contribution in [0.4, 0.5) is 0 Å². The summed E-state index contributed by atoms with van der Waals surface area (Å²) in [4.78, 5) is 24.0. The minimum atomic E-state index is -0.756. The Labute approximate surface area is 266 Å². The van der Waals surface area contributed by atoms with E-state index >= 15 is 0 Å². The molecule has 0 radical (unpaired) electrons. The number of carbonyl (C=O) groups excluding carboxylic acids is 1. The lowest BCUT2D eigenvalue weighted by Crippen LogP contribution is -2.62. The topological polar surface area (TPSA) is 142 Å². The fourth-order valence-electron chi connectivity index (χ4n) is 10.6. The van der Waals surface area contributed by atoms with Crippen LogP contribution in [-0.4, -0.2) is 65.2 Å². The van der Waals surface area contributed by atoms with Crippen molar-refractivity contribution in [1.29, 1.82) is 0 Å². The standard InChI is InChI=1S/C36H64N2O6/c1-24(12-15-32(41)42)27-13-14-28-34-29(23-31(40)36(27,28)3)35(2)17-16-26(21-25(35)22-30(34)39)44-33(43)11-9-7-5-4-6-8-10-19-38-20-18-37/h24-31,34,38-40H,4-23,37H2,1-3H3,(H,41,42)/t24?,25?,26?,27-,28?,29?,30?,31?,34?,35+,36-/m1/s1. The fourth-order valence-corrected chi connectivity index (χ4v) is 10.6. The number of ether oxygens (including phenoxy) is 1. The number of aliphatic hydroxyl groups excluding tert-OH is 2. The Morgan fingerprint density at radius 1 is 0.909 bits per heavy atom. The van der Waals surface area contributed by atoms with Crippen LogP contribution < -0.4 is 11.1 Å². The van der Waals surface area contributed by atoms with Crippen molar-refractivity contribution in [3.05, 3.63) is 0 Å². The first kappa shape index (κ1) is 35.6. The molecule has 0 saturated heterocycles. The van der Waals surface area contributed by atoms with Crippen LogP contribution in [0.3, 0.4) is 0 Å². The number of aliphatic hydroxyl groups is 2. The summed E-state index contributed by atoms with van der Waals surface area (Å²) in [6.07, 6.45) is 14.5. The van der Waals surface area contributed by atoms with Crippen molar-refractivity contribution >= 4 is 11.9 Å². The van der Waals surface area contributed by atoms with Gasteiger partial charge in [0.15, 0.2) is 0 Å². The van der Waals surface area contributed by atoms with Gasteiger partial charge in [0.1, 0.15) is 6.10 Å². The first-order valence-corrected chi connectivity index (χ1v) is 18.2. The van der Waals surface area contributed by atoms with Gasteiger partial charge in [0.2, 0.25) is 0 Å². The van der Waals surface area contributed by atoms with E-state index in [1.807, 2.05) is 0 Å². The van der Waals surface area contributed by atoms with Gasteiger partial charge in [0, 0.05) is 25.9 Å². The predicted molar refractivity (Wildman–Crippen MR) is 173 cm³/mol. The Balaban J connectivity index is 1.23. The molecule has 0 aliphatic heterocycles.